The number of anilines is 1. The molecule has 0 saturated carbocycles. The number of nitrogens with one attached hydrogen (secondary N) is 1. The molecule has 7 nitrogen and oxygen atoms in total. The molecule has 1 aromatic rings. The van der Waals surface area contributed by atoms with Gasteiger partial charge in [-0.1, -0.05) is 25.9 Å². The number of carbonyl (C=O) groups excluding carboxylic acids is 1. The lowest BCUT2D eigenvalue weighted by molar-refractivity contribution is -0.135. The largest absolute Gasteiger partial charge is 0.408 e. The minimum absolute atomic E-state index is 0.0577. The smallest absolute Gasteiger partial charge is 0.315 e. The third kappa shape index (κ3) is 3.69. The van der Waals surface area contributed by atoms with E-state index in [1.165, 1.54) is 0 Å². The molecule has 0 radical (unpaired) electrons. The van der Waals surface area contributed by atoms with Gasteiger partial charge in [0.25, 0.3) is 0 Å². The topological polar surface area (TPSA) is 80.5 Å². The summed E-state index contributed by atoms with van der Waals surface area (Å²) in [6, 6.07) is 0.387. The zero-order chi connectivity index (χ0) is 14.8. The van der Waals surface area contributed by atoms with E-state index in [1.54, 1.807) is 11.8 Å². The summed E-state index contributed by atoms with van der Waals surface area (Å²) in [7, 11) is 0. The third-order valence-electron chi connectivity index (χ3n) is 3.13. The SMILES string of the molecule is CC(=O)N1CCO[C@@H](CNc2nnc(C(C)(C)C)o2)C1. The first kappa shape index (κ1) is 14.8. The first-order valence-electron chi connectivity index (χ1n) is 6.81. The van der Waals surface area contributed by atoms with E-state index in [-0.39, 0.29) is 17.4 Å². The van der Waals surface area contributed by atoms with E-state index >= 15 is 0 Å². The summed E-state index contributed by atoms with van der Waals surface area (Å²) in [5.74, 6) is 0.668. The molecule has 0 aromatic carbocycles. The first-order valence-corrected chi connectivity index (χ1v) is 6.81. The number of hydrogen-bond donors (Lipinski definition) is 1. The fraction of sp³-hybridized carbons (Fsp3) is 0.769. The molecular formula is C13H22N4O3. The van der Waals surface area contributed by atoms with Crippen molar-refractivity contribution in [1.29, 1.82) is 0 Å². The molecule has 1 aliphatic heterocycles. The number of aromatic nitrogens is 2. The summed E-state index contributed by atoms with van der Waals surface area (Å²) < 4.78 is 11.2. The molecule has 1 aliphatic rings. The van der Waals surface area contributed by atoms with E-state index in [0.717, 1.165) is 0 Å². The van der Waals surface area contributed by atoms with Crippen LogP contribution in [0.15, 0.2) is 4.42 Å². The van der Waals surface area contributed by atoms with E-state index in [1.807, 2.05) is 20.8 Å². The van der Waals surface area contributed by atoms with Crippen molar-refractivity contribution in [2.75, 3.05) is 31.6 Å². The average molecular weight is 282 g/mol. The zero-order valence-electron chi connectivity index (χ0n) is 12.5. The van der Waals surface area contributed by atoms with Gasteiger partial charge in [0.05, 0.1) is 12.7 Å². The Bertz CT molecular complexity index is 466. The Morgan fingerprint density at radius 2 is 2.20 bits per heavy atom. The maximum atomic E-state index is 11.3. The predicted octanol–water partition coefficient (Wildman–Crippen LogP) is 1.03. The van der Waals surface area contributed by atoms with Gasteiger partial charge in [-0.25, -0.2) is 0 Å². The molecule has 2 heterocycles. The van der Waals surface area contributed by atoms with Crippen molar-refractivity contribution in [3.05, 3.63) is 5.89 Å². The average Bonchev–Trinajstić information content (AvgIpc) is 2.85. The highest BCUT2D eigenvalue weighted by molar-refractivity contribution is 5.73. The van der Waals surface area contributed by atoms with E-state index < -0.39 is 0 Å². The minimum Gasteiger partial charge on any atom is -0.408 e. The van der Waals surface area contributed by atoms with E-state index in [0.29, 0.717) is 38.1 Å². The predicted molar refractivity (Wildman–Crippen MR) is 73.5 cm³/mol. The Hall–Kier alpha value is -1.63. The summed E-state index contributed by atoms with van der Waals surface area (Å²) in [6.07, 6.45) is -0.0577. The molecule has 2 rings (SSSR count). The monoisotopic (exact) mass is 282 g/mol. The minimum atomic E-state index is -0.167. The summed E-state index contributed by atoms with van der Waals surface area (Å²) in [5.41, 5.74) is -0.167. The molecule has 0 unspecified atom stereocenters. The van der Waals surface area contributed by atoms with E-state index in [2.05, 4.69) is 15.5 Å². The van der Waals surface area contributed by atoms with Gasteiger partial charge in [-0.05, 0) is 0 Å². The molecular weight excluding hydrogens is 260 g/mol. The quantitative estimate of drug-likeness (QED) is 0.891. The number of carbonyl (C=O) groups is 1. The van der Waals surface area contributed by atoms with Crippen LogP contribution in [0.2, 0.25) is 0 Å². The number of ether oxygens (including phenoxy) is 1. The van der Waals surface area contributed by atoms with E-state index in [9.17, 15) is 4.79 Å². The highest BCUT2D eigenvalue weighted by Crippen LogP contribution is 2.21. The summed E-state index contributed by atoms with van der Waals surface area (Å²) in [4.78, 5) is 13.1. The van der Waals surface area contributed by atoms with Gasteiger partial charge < -0.3 is 19.4 Å². The molecule has 0 bridgehead atoms. The molecule has 1 atom stereocenters. The standard InChI is InChI=1S/C13H22N4O3/c1-9(18)17-5-6-19-10(8-17)7-14-12-16-15-11(20-12)13(2,3)4/h10H,5-8H2,1-4H3,(H,14,16)/t10-/m0/s1. The lowest BCUT2D eigenvalue weighted by atomic mass is 9.97. The molecule has 0 spiro atoms. The third-order valence-corrected chi connectivity index (χ3v) is 3.13. The fourth-order valence-corrected chi connectivity index (χ4v) is 1.93. The van der Waals surface area contributed by atoms with Crippen LogP contribution in [0.25, 0.3) is 0 Å². The Balaban J connectivity index is 1.86. The molecule has 1 fully saturated rings. The lowest BCUT2D eigenvalue weighted by Gasteiger charge is -2.32. The van der Waals surface area contributed by atoms with Gasteiger partial charge in [0, 0.05) is 32.0 Å². The zero-order valence-corrected chi connectivity index (χ0v) is 12.5. The molecule has 7 heteroatoms. The van der Waals surface area contributed by atoms with Crippen molar-refractivity contribution in [3.8, 4) is 0 Å². The number of nitrogens with zero attached hydrogens (tertiary/aromatic N) is 3. The summed E-state index contributed by atoms with van der Waals surface area (Å²) in [5, 5.41) is 11.0. The van der Waals surface area contributed by atoms with Gasteiger partial charge in [0.15, 0.2) is 0 Å². The van der Waals surface area contributed by atoms with Crippen LogP contribution in [-0.4, -0.2) is 53.3 Å². The van der Waals surface area contributed by atoms with Crippen LogP contribution in [-0.2, 0) is 14.9 Å². The van der Waals surface area contributed by atoms with Crippen molar-refractivity contribution < 1.29 is 13.9 Å². The van der Waals surface area contributed by atoms with Gasteiger partial charge in [-0.15, -0.1) is 5.10 Å². The van der Waals surface area contributed by atoms with Crippen molar-refractivity contribution >= 4 is 11.9 Å². The second-order valence-electron chi connectivity index (χ2n) is 6.00. The van der Waals surface area contributed by atoms with Gasteiger partial charge in [-0.3, -0.25) is 4.79 Å². The highest BCUT2D eigenvalue weighted by Gasteiger charge is 2.24. The van der Waals surface area contributed by atoms with Gasteiger partial charge >= 0.3 is 6.01 Å². The van der Waals surface area contributed by atoms with Crippen LogP contribution in [0.3, 0.4) is 0 Å². The van der Waals surface area contributed by atoms with Gasteiger partial charge in [-0.2, -0.15) is 0 Å². The summed E-state index contributed by atoms with van der Waals surface area (Å²) >= 11 is 0. The van der Waals surface area contributed by atoms with Gasteiger partial charge in [0.2, 0.25) is 11.8 Å². The Kier molecular flexibility index (Phi) is 4.27. The number of rotatable bonds is 3. The van der Waals surface area contributed by atoms with Crippen LogP contribution in [0.4, 0.5) is 6.01 Å². The first-order chi connectivity index (χ1) is 9.36. The Morgan fingerprint density at radius 1 is 1.45 bits per heavy atom. The van der Waals surface area contributed by atoms with Crippen molar-refractivity contribution in [1.82, 2.24) is 15.1 Å². The fourth-order valence-electron chi connectivity index (χ4n) is 1.93. The Morgan fingerprint density at radius 3 is 2.80 bits per heavy atom. The van der Waals surface area contributed by atoms with Crippen LogP contribution in [0.1, 0.15) is 33.6 Å². The summed E-state index contributed by atoms with van der Waals surface area (Å²) in [6.45, 7) is 9.95. The normalized spacial score (nSPS) is 20.0. The number of hydrogen-bond acceptors (Lipinski definition) is 6. The maximum Gasteiger partial charge on any atom is 0.315 e. The molecule has 1 amide bonds. The van der Waals surface area contributed by atoms with Crippen molar-refractivity contribution in [3.63, 3.8) is 0 Å². The van der Waals surface area contributed by atoms with Crippen LogP contribution in [0.5, 0.6) is 0 Å². The molecule has 1 N–H and O–H groups in total. The molecule has 0 aliphatic carbocycles. The second kappa shape index (κ2) is 5.78. The van der Waals surface area contributed by atoms with Crippen molar-refractivity contribution in [2.24, 2.45) is 0 Å². The maximum absolute atomic E-state index is 11.3. The van der Waals surface area contributed by atoms with Crippen LogP contribution < -0.4 is 5.32 Å². The molecule has 112 valence electrons. The van der Waals surface area contributed by atoms with Gasteiger partial charge in [0.1, 0.15) is 0 Å². The molecule has 1 aromatic heterocycles. The second-order valence-corrected chi connectivity index (χ2v) is 6.00. The van der Waals surface area contributed by atoms with Crippen molar-refractivity contribution in [2.45, 2.75) is 39.2 Å². The van der Waals surface area contributed by atoms with E-state index in [4.69, 9.17) is 9.15 Å². The number of morpholine rings is 1. The lowest BCUT2D eigenvalue weighted by Crippen LogP contribution is -2.47. The molecule has 20 heavy (non-hydrogen) atoms. The number of amides is 1. The van der Waals surface area contributed by atoms with Crippen LogP contribution in [0, 0.1) is 0 Å². The Labute approximate surface area is 118 Å². The van der Waals surface area contributed by atoms with Crippen LogP contribution >= 0.6 is 0 Å². The highest BCUT2D eigenvalue weighted by atomic mass is 16.5. The molecule has 1 saturated heterocycles.